The molecule has 0 unspecified atom stereocenters. The fourth-order valence-electron chi connectivity index (χ4n) is 2.87. The van der Waals surface area contributed by atoms with E-state index in [1.165, 1.54) is 6.20 Å². The number of carbonyl (C=O) groups is 1. The van der Waals surface area contributed by atoms with E-state index in [2.05, 4.69) is 33.1 Å². The molecule has 0 saturated heterocycles. The van der Waals surface area contributed by atoms with Gasteiger partial charge in [-0.25, -0.2) is 0 Å². The van der Waals surface area contributed by atoms with Crippen molar-refractivity contribution in [2.45, 2.75) is 25.8 Å². The first-order valence-corrected chi connectivity index (χ1v) is 9.11. The molecule has 0 radical (unpaired) electrons. The number of nitrogens with one attached hydrogen (secondary N) is 2. The first-order valence-electron chi connectivity index (χ1n) is 9.11. The van der Waals surface area contributed by atoms with Crippen LogP contribution in [0, 0.1) is 6.92 Å². The number of aromatic nitrogens is 2. The van der Waals surface area contributed by atoms with Gasteiger partial charge in [0.2, 0.25) is 5.89 Å². The predicted octanol–water partition coefficient (Wildman–Crippen LogP) is 4.31. The Balaban J connectivity index is 1.57. The van der Waals surface area contributed by atoms with E-state index in [1.807, 2.05) is 49.4 Å². The van der Waals surface area contributed by atoms with Gasteiger partial charge < -0.3 is 15.1 Å². The zero-order valence-electron chi connectivity index (χ0n) is 15.5. The van der Waals surface area contributed by atoms with Crippen molar-refractivity contribution in [3.8, 4) is 22.6 Å². The van der Waals surface area contributed by atoms with Crippen LogP contribution in [0.5, 0.6) is 0 Å². The number of amides is 1. The average Bonchev–Trinajstić information content (AvgIpc) is 3.40. The highest BCUT2D eigenvalue weighted by Gasteiger charge is 2.24. The molecule has 140 valence electrons. The third-order valence-corrected chi connectivity index (χ3v) is 4.58. The highest BCUT2D eigenvalue weighted by atomic mass is 16.4. The Bertz CT molecular complexity index is 1060. The maximum atomic E-state index is 12.4. The zero-order chi connectivity index (χ0) is 19.5. The molecule has 1 aliphatic carbocycles. The summed E-state index contributed by atoms with van der Waals surface area (Å²) in [5, 5.41) is 13.8. The fourth-order valence-corrected chi connectivity index (χ4v) is 2.87. The van der Waals surface area contributed by atoms with E-state index in [0.717, 1.165) is 35.1 Å². The minimum atomic E-state index is -0.0140. The first-order chi connectivity index (χ1) is 13.6. The van der Waals surface area contributed by atoms with Crippen molar-refractivity contribution in [3.63, 3.8) is 0 Å². The maximum Gasteiger partial charge on any atom is 0.320 e. The molecule has 6 heteroatoms. The van der Waals surface area contributed by atoms with Gasteiger partial charge in [0.15, 0.2) is 0 Å². The fraction of sp³-hybridized carbons (Fsp3) is 0.182. The molecule has 0 bridgehead atoms. The van der Waals surface area contributed by atoms with E-state index in [9.17, 15) is 4.79 Å². The van der Waals surface area contributed by atoms with Crippen LogP contribution in [0.25, 0.3) is 22.6 Å². The van der Waals surface area contributed by atoms with E-state index in [1.54, 1.807) is 0 Å². The summed E-state index contributed by atoms with van der Waals surface area (Å²) >= 11 is 0. The average molecular weight is 372 g/mol. The molecule has 1 saturated carbocycles. The molecule has 4 rings (SSSR count). The maximum absolute atomic E-state index is 12.4. The molecule has 0 atom stereocenters. The second kappa shape index (κ2) is 7.55. The molecule has 28 heavy (non-hydrogen) atoms. The van der Waals surface area contributed by atoms with Gasteiger partial charge in [0.1, 0.15) is 0 Å². The Hall–Kier alpha value is -3.63. The van der Waals surface area contributed by atoms with Crippen LogP contribution in [0.3, 0.4) is 0 Å². The highest BCUT2D eigenvalue weighted by molar-refractivity contribution is 5.96. The summed E-state index contributed by atoms with van der Waals surface area (Å²) in [7, 11) is 0. The third-order valence-electron chi connectivity index (χ3n) is 4.58. The molecular formula is C22H20N4O2. The minimum absolute atomic E-state index is 0.0140. The monoisotopic (exact) mass is 372 g/mol. The number of carbonyl (C=O) groups excluding carboxylic acids is 1. The van der Waals surface area contributed by atoms with Gasteiger partial charge in [0.25, 0.3) is 5.91 Å². The molecule has 6 nitrogen and oxygen atoms in total. The number of nitrogens with zero attached hydrogens (tertiary/aromatic N) is 2. The van der Waals surface area contributed by atoms with E-state index in [0.29, 0.717) is 17.5 Å². The topological polar surface area (TPSA) is 80.0 Å². The molecular weight excluding hydrogens is 352 g/mol. The number of rotatable bonds is 6. The van der Waals surface area contributed by atoms with Crippen molar-refractivity contribution < 1.29 is 9.21 Å². The summed E-state index contributed by atoms with van der Waals surface area (Å²) in [5.41, 5.74) is 7.23. The molecule has 1 fully saturated rings. The summed E-state index contributed by atoms with van der Waals surface area (Å²) in [5.74, 6) is 0.403. The van der Waals surface area contributed by atoms with E-state index < -0.39 is 0 Å². The van der Waals surface area contributed by atoms with Gasteiger partial charge in [0, 0.05) is 23.4 Å². The van der Waals surface area contributed by atoms with Gasteiger partial charge in [-0.05, 0) is 60.7 Å². The number of benzene rings is 2. The van der Waals surface area contributed by atoms with Gasteiger partial charge in [-0.15, -0.1) is 10.8 Å². The van der Waals surface area contributed by atoms with Crippen molar-refractivity contribution in [1.82, 2.24) is 15.5 Å². The van der Waals surface area contributed by atoms with Crippen LogP contribution in [0.1, 0.15) is 28.8 Å². The quantitative estimate of drug-likeness (QED) is 0.630. The predicted molar refractivity (Wildman–Crippen MR) is 108 cm³/mol. The number of anilines is 1. The molecule has 0 aliphatic heterocycles. The van der Waals surface area contributed by atoms with Crippen LogP contribution in [-0.2, 0) is 0 Å². The normalized spacial score (nSPS) is 12.9. The van der Waals surface area contributed by atoms with Crippen molar-refractivity contribution in [2.75, 3.05) is 5.32 Å². The van der Waals surface area contributed by atoms with Gasteiger partial charge in [-0.3, -0.25) is 4.79 Å². The van der Waals surface area contributed by atoms with E-state index >= 15 is 0 Å². The van der Waals surface area contributed by atoms with Crippen LogP contribution < -0.4 is 10.6 Å². The van der Waals surface area contributed by atoms with Crippen LogP contribution in [0.15, 0.2) is 65.4 Å². The second-order valence-electron chi connectivity index (χ2n) is 6.76. The van der Waals surface area contributed by atoms with Gasteiger partial charge in [-0.2, -0.15) is 0 Å². The molecule has 1 aliphatic rings. The molecule has 0 spiro atoms. The lowest BCUT2D eigenvalue weighted by Gasteiger charge is -2.10. The Kier molecular flexibility index (Phi) is 4.79. The summed E-state index contributed by atoms with van der Waals surface area (Å²) in [6.07, 6.45) is 3.64. The summed E-state index contributed by atoms with van der Waals surface area (Å²) in [6.45, 7) is 5.50. The molecule has 2 aromatic carbocycles. The molecule has 1 aromatic heterocycles. The molecule has 1 amide bonds. The van der Waals surface area contributed by atoms with Crippen LogP contribution >= 0.6 is 0 Å². The number of hydrogen-bond acceptors (Lipinski definition) is 5. The van der Waals surface area contributed by atoms with Crippen LogP contribution in [-0.4, -0.2) is 22.1 Å². The van der Waals surface area contributed by atoms with Crippen molar-refractivity contribution in [2.24, 2.45) is 0 Å². The van der Waals surface area contributed by atoms with Gasteiger partial charge in [0.05, 0.1) is 0 Å². The van der Waals surface area contributed by atoms with E-state index in [-0.39, 0.29) is 11.9 Å². The second-order valence-corrected chi connectivity index (χ2v) is 6.76. The Morgan fingerprint density at radius 2 is 1.93 bits per heavy atom. The summed E-state index contributed by atoms with van der Waals surface area (Å²) < 4.78 is 5.55. The number of aryl methyl sites for hydroxylation is 1. The third kappa shape index (κ3) is 3.87. The van der Waals surface area contributed by atoms with Crippen molar-refractivity contribution in [1.29, 1.82) is 0 Å². The lowest BCUT2D eigenvalue weighted by atomic mass is 9.97. The Labute approximate surface area is 163 Å². The first kappa shape index (κ1) is 17.8. The highest BCUT2D eigenvalue weighted by Crippen LogP contribution is 2.28. The van der Waals surface area contributed by atoms with E-state index in [4.69, 9.17) is 4.42 Å². The molecule has 2 N–H and O–H groups in total. The molecule has 1 heterocycles. The van der Waals surface area contributed by atoms with Crippen LogP contribution in [0.4, 0.5) is 6.01 Å². The number of hydrogen-bond donors (Lipinski definition) is 2. The largest absolute Gasteiger partial charge is 0.403 e. The molecule has 3 aromatic rings. The summed E-state index contributed by atoms with van der Waals surface area (Å²) in [4.78, 5) is 12.4. The van der Waals surface area contributed by atoms with Gasteiger partial charge >= 0.3 is 6.01 Å². The Morgan fingerprint density at radius 1 is 1.18 bits per heavy atom. The lowest BCUT2D eigenvalue weighted by Crippen LogP contribution is -2.25. The SMILES string of the molecule is C=C=CNc1nnc(-c2ccc(-c3cc(C(=O)NC4CC4)ccc3C)cc2)o1. The van der Waals surface area contributed by atoms with Crippen LogP contribution in [0.2, 0.25) is 0 Å². The standard InChI is InChI=1S/C22H20N4O2/c1-3-12-23-22-26-25-21(28-22)16-8-6-15(7-9-16)19-13-17(5-4-14(19)2)20(27)24-18-10-11-18/h4-9,12-13,18H,1,10-11H2,2H3,(H,23,26)(H,24,27). The summed E-state index contributed by atoms with van der Waals surface area (Å²) in [6, 6.07) is 14.2. The Morgan fingerprint density at radius 3 is 2.64 bits per heavy atom. The van der Waals surface area contributed by atoms with Gasteiger partial charge in [-0.1, -0.05) is 29.9 Å². The van der Waals surface area contributed by atoms with Crippen molar-refractivity contribution >= 4 is 11.9 Å². The smallest absolute Gasteiger partial charge is 0.320 e. The zero-order valence-corrected chi connectivity index (χ0v) is 15.5. The van der Waals surface area contributed by atoms with Crippen molar-refractivity contribution in [3.05, 3.63) is 72.1 Å². The minimum Gasteiger partial charge on any atom is -0.403 e. The lowest BCUT2D eigenvalue weighted by molar-refractivity contribution is 0.0951.